The van der Waals surface area contributed by atoms with Gasteiger partial charge < -0.3 is 32.4 Å². The molecule has 5 rings (SSSR count). The first-order valence-corrected chi connectivity index (χ1v) is 19.8. The Labute approximate surface area is 257 Å². The molecule has 0 aliphatic carbocycles. The monoisotopic (exact) mass is 634 g/mol. The zero-order chi connectivity index (χ0) is 31.1. The SMILES string of the molecule is CC(C)[Si]1(C(C)C)OC[C@H]2O[C@@H](n3cnc4c(N=C5CCCN5C)ncnc43)[C@H](OCCO)[C@@H]2O[Si](C(C)C)(C(C)C)O1. The minimum Gasteiger partial charge on any atom is -0.414 e. The maximum atomic E-state index is 9.77. The Morgan fingerprint density at radius 1 is 1.02 bits per heavy atom. The fourth-order valence-electron chi connectivity index (χ4n) is 6.88. The molecule has 4 atom stereocenters. The molecule has 2 aromatic heterocycles. The number of likely N-dealkylation sites (tertiary alicyclic amines) is 1. The van der Waals surface area contributed by atoms with E-state index in [1.807, 2.05) is 11.6 Å². The zero-order valence-corrected chi connectivity index (χ0v) is 29.2. The molecule has 12 nitrogen and oxygen atoms in total. The molecule has 5 heterocycles. The van der Waals surface area contributed by atoms with Gasteiger partial charge in [-0.2, -0.15) is 0 Å². The largest absolute Gasteiger partial charge is 0.414 e. The molecule has 0 spiro atoms. The van der Waals surface area contributed by atoms with E-state index in [2.05, 4.69) is 70.3 Å². The summed E-state index contributed by atoms with van der Waals surface area (Å²) in [6, 6.07) is 0. The molecule has 3 aliphatic rings. The molecule has 43 heavy (non-hydrogen) atoms. The summed E-state index contributed by atoms with van der Waals surface area (Å²) in [5.41, 5.74) is 1.98. The van der Waals surface area contributed by atoms with Gasteiger partial charge in [-0.3, -0.25) is 4.57 Å². The van der Waals surface area contributed by atoms with E-state index in [4.69, 9.17) is 32.4 Å². The first-order valence-electron chi connectivity index (χ1n) is 15.8. The van der Waals surface area contributed by atoms with E-state index in [9.17, 15) is 5.11 Å². The first kappa shape index (κ1) is 32.6. The highest BCUT2D eigenvalue weighted by Crippen LogP contribution is 2.49. The standard InChI is InChI=1S/C29H50N6O6Si2/c1-18(2)42(19(3)4)38-15-22-25(40-43(41-42,20(5)6)21(7)8)26(37-14-13-36)29(39-22)35-17-32-24-27(30-16-31-28(24)35)33-23-11-10-12-34(23)9/h16-22,25-26,29,36H,10-15H2,1-9H3/t22-,25-,26-,29-/m1/s1. The van der Waals surface area contributed by atoms with Crippen LogP contribution in [-0.4, -0.2) is 104 Å². The van der Waals surface area contributed by atoms with E-state index in [1.165, 1.54) is 6.33 Å². The summed E-state index contributed by atoms with van der Waals surface area (Å²) in [4.78, 5) is 20.8. The molecule has 0 aromatic carbocycles. The highest BCUT2D eigenvalue weighted by atomic mass is 28.5. The minimum atomic E-state index is -2.91. The van der Waals surface area contributed by atoms with E-state index in [0.717, 1.165) is 25.2 Å². The van der Waals surface area contributed by atoms with Crippen LogP contribution >= 0.6 is 0 Å². The van der Waals surface area contributed by atoms with Crippen molar-refractivity contribution in [2.75, 3.05) is 33.4 Å². The van der Waals surface area contributed by atoms with Gasteiger partial charge in [-0.05, 0) is 28.6 Å². The third kappa shape index (κ3) is 5.85. The summed E-state index contributed by atoms with van der Waals surface area (Å²) < 4.78 is 36.7. The quantitative estimate of drug-likeness (QED) is 0.384. The Morgan fingerprint density at radius 2 is 1.72 bits per heavy atom. The number of nitrogens with zero attached hydrogens (tertiary/aromatic N) is 6. The summed E-state index contributed by atoms with van der Waals surface area (Å²) >= 11 is 0. The fourth-order valence-corrected chi connectivity index (χ4v) is 18.1. The van der Waals surface area contributed by atoms with Crippen molar-refractivity contribution in [1.29, 1.82) is 0 Å². The lowest BCUT2D eigenvalue weighted by atomic mass is 10.1. The molecule has 0 unspecified atom stereocenters. The average Bonchev–Trinajstić information content (AvgIpc) is 3.64. The van der Waals surface area contributed by atoms with Crippen molar-refractivity contribution < 1.29 is 27.5 Å². The second-order valence-corrected chi connectivity index (χ2v) is 22.1. The molecule has 0 bridgehead atoms. The highest BCUT2D eigenvalue weighted by Gasteiger charge is 2.62. The number of aliphatic hydroxyl groups excluding tert-OH is 1. The van der Waals surface area contributed by atoms with Gasteiger partial charge in [-0.1, -0.05) is 55.4 Å². The fraction of sp³-hybridized carbons (Fsp3) is 0.793. The van der Waals surface area contributed by atoms with Gasteiger partial charge in [-0.15, -0.1) is 0 Å². The van der Waals surface area contributed by atoms with Gasteiger partial charge in [0.2, 0.25) is 0 Å². The summed E-state index contributed by atoms with van der Waals surface area (Å²) in [7, 11) is -3.60. The van der Waals surface area contributed by atoms with Crippen LogP contribution in [0.3, 0.4) is 0 Å². The lowest BCUT2D eigenvalue weighted by Crippen LogP contribution is -2.66. The number of aromatic nitrogens is 4. The van der Waals surface area contributed by atoms with Gasteiger partial charge in [0, 0.05) is 20.0 Å². The summed E-state index contributed by atoms with van der Waals surface area (Å²) in [6.07, 6.45) is 3.18. The smallest absolute Gasteiger partial charge is 0.335 e. The lowest BCUT2D eigenvalue weighted by Gasteiger charge is -2.51. The molecule has 1 N–H and O–H groups in total. The molecular weight excluding hydrogens is 585 g/mol. The van der Waals surface area contributed by atoms with Gasteiger partial charge in [0.15, 0.2) is 23.2 Å². The van der Waals surface area contributed by atoms with E-state index >= 15 is 0 Å². The number of imidazole rings is 1. The molecule has 3 aliphatic heterocycles. The topological polar surface area (TPSA) is 126 Å². The third-order valence-corrected chi connectivity index (χ3v) is 19.5. The van der Waals surface area contributed by atoms with E-state index < -0.39 is 41.7 Å². The second-order valence-electron chi connectivity index (χ2n) is 13.3. The molecule has 3 fully saturated rings. The molecule has 14 heteroatoms. The van der Waals surface area contributed by atoms with Crippen molar-refractivity contribution in [3.8, 4) is 0 Å². The molecular formula is C29H50N6O6Si2. The number of amidine groups is 1. The van der Waals surface area contributed by atoms with Crippen molar-refractivity contribution in [1.82, 2.24) is 24.4 Å². The van der Waals surface area contributed by atoms with E-state index in [1.54, 1.807) is 6.33 Å². The van der Waals surface area contributed by atoms with Gasteiger partial charge in [0.1, 0.15) is 30.5 Å². The number of aliphatic imine (C=N–C) groups is 1. The molecule has 0 radical (unpaired) electrons. The molecule has 0 saturated carbocycles. The number of aliphatic hydroxyl groups is 1. The van der Waals surface area contributed by atoms with Gasteiger partial charge in [0.25, 0.3) is 0 Å². The van der Waals surface area contributed by atoms with Crippen LogP contribution in [0.15, 0.2) is 17.6 Å². The number of rotatable bonds is 9. The predicted octanol–water partition coefficient (Wildman–Crippen LogP) is 4.81. The van der Waals surface area contributed by atoms with Crippen molar-refractivity contribution in [2.24, 2.45) is 4.99 Å². The summed E-state index contributed by atoms with van der Waals surface area (Å²) in [5, 5.41) is 9.77. The third-order valence-electron chi connectivity index (χ3n) is 9.20. The van der Waals surface area contributed by atoms with E-state index in [-0.39, 0.29) is 35.4 Å². The van der Waals surface area contributed by atoms with Crippen LogP contribution in [0, 0.1) is 0 Å². The van der Waals surface area contributed by atoms with Crippen LogP contribution in [0.2, 0.25) is 22.2 Å². The van der Waals surface area contributed by atoms with Crippen LogP contribution < -0.4 is 0 Å². The minimum absolute atomic E-state index is 0.122. The number of fused-ring (bicyclic) bond motifs is 2. The van der Waals surface area contributed by atoms with Crippen molar-refractivity contribution in [2.45, 2.75) is 115 Å². The normalized spacial score (nSPS) is 28.5. The Balaban J connectivity index is 1.58. The second kappa shape index (κ2) is 12.9. The van der Waals surface area contributed by atoms with Crippen LogP contribution in [0.25, 0.3) is 11.2 Å². The van der Waals surface area contributed by atoms with Gasteiger partial charge >= 0.3 is 17.1 Å². The first-order chi connectivity index (χ1) is 20.4. The van der Waals surface area contributed by atoms with Crippen molar-refractivity contribution in [3.05, 3.63) is 12.7 Å². The van der Waals surface area contributed by atoms with Gasteiger partial charge in [-0.25, -0.2) is 19.9 Å². The van der Waals surface area contributed by atoms with Crippen LogP contribution in [0.4, 0.5) is 5.82 Å². The molecule has 240 valence electrons. The Hall–Kier alpha value is -1.79. The van der Waals surface area contributed by atoms with Crippen LogP contribution in [0.1, 0.15) is 74.5 Å². The molecule has 0 amide bonds. The molecule has 3 saturated heterocycles. The number of hydrogen-bond donors (Lipinski definition) is 1. The van der Waals surface area contributed by atoms with Crippen LogP contribution in [0.5, 0.6) is 0 Å². The van der Waals surface area contributed by atoms with Gasteiger partial charge in [0.05, 0.1) is 26.1 Å². The Kier molecular flexibility index (Phi) is 9.79. The zero-order valence-electron chi connectivity index (χ0n) is 27.2. The Morgan fingerprint density at radius 3 is 2.33 bits per heavy atom. The maximum absolute atomic E-state index is 9.77. The van der Waals surface area contributed by atoms with Crippen LogP contribution in [-0.2, 0) is 22.4 Å². The van der Waals surface area contributed by atoms with Crippen molar-refractivity contribution in [3.63, 3.8) is 0 Å². The Bertz CT molecular complexity index is 1270. The average molecular weight is 635 g/mol. The lowest BCUT2D eigenvalue weighted by molar-refractivity contribution is -0.0747. The number of ether oxygens (including phenoxy) is 2. The van der Waals surface area contributed by atoms with E-state index in [0.29, 0.717) is 23.6 Å². The summed E-state index contributed by atoms with van der Waals surface area (Å²) in [6.45, 7) is 18.9. The predicted molar refractivity (Wildman–Crippen MR) is 169 cm³/mol. The molecule has 2 aromatic rings. The maximum Gasteiger partial charge on any atom is 0.335 e. The number of hydrogen-bond acceptors (Lipinski definition) is 10. The van der Waals surface area contributed by atoms with Crippen molar-refractivity contribution >= 4 is 39.9 Å². The summed E-state index contributed by atoms with van der Waals surface area (Å²) in [5.74, 6) is 1.53. The highest BCUT2D eigenvalue weighted by molar-refractivity contribution is 6.84.